The topological polar surface area (TPSA) is 60.3 Å². The Morgan fingerprint density at radius 3 is 2.64 bits per heavy atom. The number of halogens is 1. The van der Waals surface area contributed by atoms with E-state index in [-0.39, 0.29) is 0 Å². The van der Waals surface area contributed by atoms with Crippen LogP contribution in [0.3, 0.4) is 0 Å². The van der Waals surface area contributed by atoms with Gasteiger partial charge in [-0.25, -0.2) is 0 Å². The smallest absolute Gasteiger partial charge is 0.176 e. The van der Waals surface area contributed by atoms with E-state index in [1.165, 1.54) is 0 Å². The van der Waals surface area contributed by atoms with E-state index in [1.807, 2.05) is 54.1 Å². The average Bonchev–Trinajstić information content (AvgIpc) is 3.00. The largest absolute Gasteiger partial charge is 0.497 e. The Hall–Kier alpha value is -2.77. The van der Waals surface area contributed by atoms with Crippen LogP contribution in [0.1, 0.15) is 11.3 Å². The summed E-state index contributed by atoms with van der Waals surface area (Å²) in [5.74, 6) is 1.99. The van der Waals surface area contributed by atoms with E-state index < -0.39 is 0 Å². The van der Waals surface area contributed by atoms with Crippen molar-refractivity contribution < 1.29 is 9.47 Å². The van der Waals surface area contributed by atoms with Gasteiger partial charge in [0.05, 0.1) is 26.5 Å². The van der Waals surface area contributed by atoms with Crippen LogP contribution in [0.2, 0.25) is 5.02 Å². The van der Waals surface area contributed by atoms with Gasteiger partial charge in [0, 0.05) is 22.8 Å². The second-order valence-corrected chi connectivity index (χ2v) is 6.95. The highest BCUT2D eigenvalue weighted by atomic mass is 35.5. The maximum Gasteiger partial charge on any atom is 0.176 e. The van der Waals surface area contributed by atoms with E-state index in [9.17, 15) is 0 Å². The first kappa shape index (κ1) is 20.0. The van der Waals surface area contributed by atoms with E-state index in [0.29, 0.717) is 34.0 Å². The van der Waals surface area contributed by atoms with Gasteiger partial charge in [-0.2, -0.15) is 5.10 Å². The molecule has 146 valence electrons. The molecule has 0 aliphatic rings. The third-order valence-electron chi connectivity index (χ3n) is 4.10. The third kappa shape index (κ3) is 4.94. The van der Waals surface area contributed by atoms with Gasteiger partial charge in [0.1, 0.15) is 11.5 Å². The summed E-state index contributed by atoms with van der Waals surface area (Å²) in [6.07, 6.45) is 0. The number of nitrogens with zero attached hydrogens (tertiary/aromatic N) is 2. The van der Waals surface area contributed by atoms with E-state index >= 15 is 0 Å². The Morgan fingerprint density at radius 2 is 1.93 bits per heavy atom. The third-order valence-corrected chi connectivity index (χ3v) is 4.54. The lowest BCUT2D eigenvalue weighted by atomic mass is 10.2. The average molecular weight is 417 g/mol. The van der Waals surface area contributed by atoms with Gasteiger partial charge in [0.2, 0.25) is 0 Å². The van der Waals surface area contributed by atoms with Gasteiger partial charge >= 0.3 is 0 Å². The van der Waals surface area contributed by atoms with Gasteiger partial charge in [0.25, 0.3) is 0 Å². The number of aryl methyl sites for hydroxylation is 1. The molecule has 1 heterocycles. The first-order valence-electron chi connectivity index (χ1n) is 8.57. The highest BCUT2D eigenvalue weighted by Gasteiger charge is 2.10. The monoisotopic (exact) mass is 416 g/mol. The van der Waals surface area contributed by atoms with Gasteiger partial charge in [-0.1, -0.05) is 23.7 Å². The predicted octanol–water partition coefficient (Wildman–Crippen LogP) is 4.72. The van der Waals surface area contributed by atoms with Crippen molar-refractivity contribution in [2.75, 3.05) is 24.9 Å². The summed E-state index contributed by atoms with van der Waals surface area (Å²) in [5.41, 5.74) is 2.82. The van der Waals surface area contributed by atoms with Crippen LogP contribution >= 0.6 is 23.8 Å². The van der Waals surface area contributed by atoms with Crippen LogP contribution in [-0.4, -0.2) is 29.1 Å². The molecular formula is C20H21ClN4O2S. The van der Waals surface area contributed by atoms with Crippen LogP contribution < -0.4 is 20.1 Å². The number of aromatic nitrogens is 2. The zero-order valence-electron chi connectivity index (χ0n) is 15.8. The molecule has 3 aromatic rings. The molecule has 0 amide bonds. The minimum atomic E-state index is 0.413. The molecule has 3 rings (SSSR count). The summed E-state index contributed by atoms with van der Waals surface area (Å²) >= 11 is 11.5. The van der Waals surface area contributed by atoms with Crippen LogP contribution in [0, 0.1) is 6.92 Å². The number of ether oxygens (including phenoxy) is 2. The molecule has 1 aromatic heterocycles. The minimum Gasteiger partial charge on any atom is -0.497 e. The molecule has 0 fully saturated rings. The Kier molecular flexibility index (Phi) is 6.38. The highest BCUT2D eigenvalue weighted by molar-refractivity contribution is 7.80. The fourth-order valence-corrected chi connectivity index (χ4v) is 3.14. The fraction of sp³-hybridized carbons (Fsp3) is 0.200. The number of hydrogen-bond donors (Lipinski definition) is 2. The molecule has 0 spiro atoms. The Balaban J connectivity index is 1.68. The summed E-state index contributed by atoms with van der Waals surface area (Å²) in [7, 11) is 3.20. The summed E-state index contributed by atoms with van der Waals surface area (Å²) < 4.78 is 12.5. The lowest BCUT2D eigenvalue weighted by Crippen LogP contribution is -2.20. The minimum absolute atomic E-state index is 0.413. The molecule has 0 aliphatic heterocycles. The van der Waals surface area contributed by atoms with Crippen LogP contribution in [0.5, 0.6) is 11.5 Å². The second kappa shape index (κ2) is 8.95. The summed E-state index contributed by atoms with van der Waals surface area (Å²) in [6.45, 7) is 2.62. The molecule has 0 bridgehead atoms. The number of anilines is 2. The van der Waals surface area contributed by atoms with Gasteiger partial charge < -0.3 is 20.1 Å². The van der Waals surface area contributed by atoms with E-state index in [1.54, 1.807) is 20.3 Å². The van der Waals surface area contributed by atoms with E-state index in [0.717, 1.165) is 16.9 Å². The number of hydrogen-bond acceptors (Lipinski definition) is 4. The number of benzene rings is 2. The summed E-state index contributed by atoms with van der Waals surface area (Å²) in [6, 6.07) is 15.1. The highest BCUT2D eigenvalue weighted by Crippen LogP contribution is 2.29. The molecular weight excluding hydrogens is 396 g/mol. The standard InChI is InChI=1S/C20H21ClN4O2S/c1-13-9-19(24-25(13)12-14-5-4-6-15(21)10-14)23-20(28)22-17-8-7-16(26-2)11-18(17)27-3/h4-11H,12H2,1-3H3,(H2,22,23,24,28). The van der Waals surface area contributed by atoms with Crippen LogP contribution in [0.4, 0.5) is 11.5 Å². The molecule has 6 nitrogen and oxygen atoms in total. The van der Waals surface area contributed by atoms with Crippen molar-refractivity contribution in [3.05, 3.63) is 64.8 Å². The SMILES string of the molecule is COc1ccc(NC(=S)Nc2cc(C)n(Cc3cccc(Cl)c3)n2)c(OC)c1. The lowest BCUT2D eigenvalue weighted by molar-refractivity contribution is 0.395. The molecule has 28 heavy (non-hydrogen) atoms. The maximum absolute atomic E-state index is 6.06. The van der Waals surface area contributed by atoms with Crippen molar-refractivity contribution >= 4 is 40.4 Å². The Bertz CT molecular complexity index is 990. The molecule has 0 atom stereocenters. The molecule has 0 saturated heterocycles. The Morgan fingerprint density at radius 1 is 1.11 bits per heavy atom. The molecule has 0 saturated carbocycles. The first-order chi connectivity index (χ1) is 13.5. The number of methoxy groups -OCH3 is 2. The summed E-state index contributed by atoms with van der Waals surface area (Å²) in [5, 5.41) is 11.9. The van der Waals surface area contributed by atoms with Crippen molar-refractivity contribution in [3.63, 3.8) is 0 Å². The van der Waals surface area contributed by atoms with Gasteiger partial charge in [-0.15, -0.1) is 0 Å². The lowest BCUT2D eigenvalue weighted by Gasteiger charge is -2.13. The molecule has 0 radical (unpaired) electrons. The van der Waals surface area contributed by atoms with Crippen LogP contribution in [-0.2, 0) is 6.54 Å². The zero-order valence-corrected chi connectivity index (χ0v) is 17.4. The van der Waals surface area contributed by atoms with E-state index in [2.05, 4.69) is 15.7 Å². The molecule has 2 N–H and O–H groups in total. The number of thiocarbonyl (C=S) groups is 1. The first-order valence-corrected chi connectivity index (χ1v) is 9.36. The van der Waals surface area contributed by atoms with Crippen molar-refractivity contribution in [2.45, 2.75) is 13.5 Å². The van der Waals surface area contributed by atoms with Crippen molar-refractivity contribution in [2.24, 2.45) is 0 Å². The zero-order chi connectivity index (χ0) is 20.1. The fourth-order valence-electron chi connectivity index (χ4n) is 2.71. The quantitative estimate of drug-likeness (QED) is 0.567. The van der Waals surface area contributed by atoms with Gasteiger partial charge in [-0.05, 0) is 49.0 Å². The summed E-state index contributed by atoms with van der Waals surface area (Å²) in [4.78, 5) is 0. The van der Waals surface area contributed by atoms with Crippen LogP contribution in [0.25, 0.3) is 0 Å². The van der Waals surface area contributed by atoms with Gasteiger partial charge in [-0.3, -0.25) is 4.68 Å². The van der Waals surface area contributed by atoms with Crippen molar-refractivity contribution in [1.29, 1.82) is 0 Å². The number of nitrogens with one attached hydrogen (secondary N) is 2. The van der Waals surface area contributed by atoms with Crippen LogP contribution in [0.15, 0.2) is 48.5 Å². The van der Waals surface area contributed by atoms with E-state index in [4.69, 9.17) is 33.3 Å². The van der Waals surface area contributed by atoms with Crippen molar-refractivity contribution in [1.82, 2.24) is 9.78 Å². The van der Waals surface area contributed by atoms with Crippen molar-refractivity contribution in [3.8, 4) is 11.5 Å². The molecule has 2 aromatic carbocycles. The maximum atomic E-state index is 6.06. The molecule has 0 unspecified atom stereocenters. The Labute approximate surface area is 174 Å². The molecule has 0 aliphatic carbocycles. The number of rotatable bonds is 6. The predicted molar refractivity (Wildman–Crippen MR) is 117 cm³/mol. The second-order valence-electron chi connectivity index (χ2n) is 6.10. The molecule has 8 heteroatoms. The normalized spacial score (nSPS) is 10.4. The van der Waals surface area contributed by atoms with Gasteiger partial charge in [0.15, 0.2) is 10.9 Å².